The van der Waals surface area contributed by atoms with Gasteiger partial charge in [0.05, 0.1) is 12.8 Å². The second-order valence-corrected chi connectivity index (χ2v) is 8.81. The molecular formula is C26H37N3OS. The maximum absolute atomic E-state index is 5.85. The Labute approximate surface area is 193 Å². The van der Waals surface area contributed by atoms with Gasteiger partial charge in [0, 0.05) is 31.4 Å². The molecule has 5 heteroatoms. The van der Waals surface area contributed by atoms with Crippen LogP contribution in [0.15, 0.2) is 42.5 Å². The van der Waals surface area contributed by atoms with Crippen molar-refractivity contribution in [1.82, 2.24) is 4.90 Å². The summed E-state index contributed by atoms with van der Waals surface area (Å²) in [6, 6.07) is 15.3. The minimum Gasteiger partial charge on any atom is -0.495 e. The highest BCUT2D eigenvalue weighted by molar-refractivity contribution is 7.80. The first kappa shape index (κ1) is 23.4. The van der Waals surface area contributed by atoms with E-state index < -0.39 is 0 Å². The number of aryl methyl sites for hydroxylation is 1. The van der Waals surface area contributed by atoms with Gasteiger partial charge in [-0.1, -0.05) is 44.5 Å². The Morgan fingerprint density at radius 2 is 2.03 bits per heavy atom. The van der Waals surface area contributed by atoms with Crippen molar-refractivity contribution >= 4 is 28.7 Å². The summed E-state index contributed by atoms with van der Waals surface area (Å²) in [5, 5.41) is 4.15. The molecule has 1 N–H and O–H groups in total. The maximum Gasteiger partial charge on any atom is 0.174 e. The summed E-state index contributed by atoms with van der Waals surface area (Å²) in [6.07, 6.45) is 5.93. The van der Waals surface area contributed by atoms with Crippen LogP contribution in [-0.2, 0) is 13.0 Å². The van der Waals surface area contributed by atoms with Crippen LogP contribution >= 0.6 is 12.2 Å². The molecule has 0 amide bonds. The third kappa shape index (κ3) is 5.91. The minimum atomic E-state index is 0.340. The SMILES string of the molecule is CCCCN1CCCc2cc(CN(C(=S)Nc3ccccc3OC)C(C)CC)ccc21. The molecule has 1 aliphatic rings. The van der Waals surface area contributed by atoms with E-state index in [1.807, 2.05) is 24.3 Å². The van der Waals surface area contributed by atoms with Crippen LogP contribution in [0.3, 0.4) is 0 Å². The number of nitrogens with one attached hydrogen (secondary N) is 1. The van der Waals surface area contributed by atoms with E-state index in [0.29, 0.717) is 6.04 Å². The smallest absolute Gasteiger partial charge is 0.174 e. The number of hydrogen-bond acceptors (Lipinski definition) is 3. The predicted molar refractivity (Wildman–Crippen MR) is 136 cm³/mol. The monoisotopic (exact) mass is 439 g/mol. The molecular weight excluding hydrogens is 402 g/mol. The van der Waals surface area contributed by atoms with Crippen LogP contribution in [0.1, 0.15) is 57.6 Å². The Balaban J connectivity index is 1.77. The Kier molecular flexibility index (Phi) is 8.59. The molecule has 0 fully saturated rings. The molecule has 1 unspecified atom stereocenters. The van der Waals surface area contributed by atoms with E-state index in [1.165, 1.54) is 49.0 Å². The number of ether oxygens (including phenoxy) is 1. The maximum atomic E-state index is 5.85. The van der Waals surface area contributed by atoms with Crippen molar-refractivity contribution in [1.29, 1.82) is 0 Å². The summed E-state index contributed by atoms with van der Waals surface area (Å²) in [5.41, 5.74) is 5.13. The molecule has 31 heavy (non-hydrogen) atoms. The Hall–Kier alpha value is -2.27. The molecule has 0 spiro atoms. The van der Waals surface area contributed by atoms with E-state index in [4.69, 9.17) is 17.0 Å². The molecule has 0 bridgehead atoms. The van der Waals surface area contributed by atoms with Crippen molar-refractivity contribution in [2.75, 3.05) is 30.4 Å². The fourth-order valence-corrected chi connectivity index (χ4v) is 4.54. The van der Waals surface area contributed by atoms with Crippen LogP contribution in [-0.4, -0.2) is 36.3 Å². The molecule has 168 valence electrons. The number of hydrogen-bond donors (Lipinski definition) is 1. The zero-order valence-corrected chi connectivity index (χ0v) is 20.3. The minimum absolute atomic E-state index is 0.340. The molecule has 1 heterocycles. The molecule has 2 aromatic carbocycles. The summed E-state index contributed by atoms with van der Waals surface area (Å²) in [5.74, 6) is 0.801. The fraction of sp³-hybridized carbons (Fsp3) is 0.500. The highest BCUT2D eigenvalue weighted by Crippen LogP contribution is 2.29. The lowest BCUT2D eigenvalue weighted by atomic mass is 9.98. The van der Waals surface area contributed by atoms with E-state index in [9.17, 15) is 0 Å². The van der Waals surface area contributed by atoms with Gasteiger partial charge in [-0.2, -0.15) is 0 Å². The van der Waals surface area contributed by atoms with Gasteiger partial charge in [-0.05, 0) is 74.2 Å². The van der Waals surface area contributed by atoms with Crippen LogP contribution in [0.2, 0.25) is 0 Å². The summed E-state index contributed by atoms with van der Waals surface area (Å²) in [6.45, 7) is 9.85. The van der Waals surface area contributed by atoms with Crippen molar-refractivity contribution < 1.29 is 4.74 Å². The number of unbranched alkanes of at least 4 members (excludes halogenated alkanes) is 1. The molecule has 0 radical (unpaired) electrons. The number of fused-ring (bicyclic) bond motifs is 1. The first-order chi connectivity index (χ1) is 15.1. The Morgan fingerprint density at radius 3 is 2.77 bits per heavy atom. The van der Waals surface area contributed by atoms with Gasteiger partial charge in [0.2, 0.25) is 0 Å². The van der Waals surface area contributed by atoms with Crippen LogP contribution in [0.25, 0.3) is 0 Å². The van der Waals surface area contributed by atoms with E-state index in [2.05, 4.69) is 54.1 Å². The van der Waals surface area contributed by atoms with Gasteiger partial charge in [-0.15, -0.1) is 0 Å². The Morgan fingerprint density at radius 1 is 1.23 bits per heavy atom. The van der Waals surface area contributed by atoms with Crippen LogP contribution in [0, 0.1) is 0 Å². The Bertz CT molecular complexity index is 869. The third-order valence-corrected chi connectivity index (χ3v) is 6.56. The number of nitrogens with zero attached hydrogens (tertiary/aromatic N) is 2. The molecule has 0 saturated heterocycles. The first-order valence-corrected chi connectivity index (χ1v) is 12.1. The van der Waals surface area contributed by atoms with Crippen molar-refractivity contribution in [2.24, 2.45) is 0 Å². The summed E-state index contributed by atoms with van der Waals surface area (Å²) < 4.78 is 5.49. The summed E-state index contributed by atoms with van der Waals surface area (Å²) >= 11 is 5.85. The highest BCUT2D eigenvalue weighted by atomic mass is 32.1. The quantitative estimate of drug-likeness (QED) is 0.467. The predicted octanol–water partition coefficient (Wildman–Crippen LogP) is 6.25. The molecule has 2 aromatic rings. The first-order valence-electron chi connectivity index (χ1n) is 11.6. The van der Waals surface area contributed by atoms with E-state index in [0.717, 1.165) is 36.1 Å². The average Bonchev–Trinajstić information content (AvgIpc) is 2.80. The van der Waals surface area contributed by atoms with Gasteiger partial charge in [-0.3, -0.25) is 0 Å². The number of benzene rings is 2. The standard InChI is InChI=1S/C26H37N3OS/c1-5-7-16-28-17-10-11-22-18-21(14-15-24(22)28)19-29(20(3)6-2)26(31)27-23-12-8-9-13-25(23)30-4/h8-9,12-15,18,20H,5-7,10-11,16-17,19H2,1-4H3,(H,27,31). The highest BCUT2D eigenvalue weighted by Gasteiger charge is 2.20. The molecule has 0 aliphatic carbocycles. The zero-order valence-electron chi connectivity index (χ0n) is 19.5. The second kappa shape index (κ2) is 11.4. The molecule has 3 rings (SSSR count). The molecule has 1 atom stereocenters. The number of rotatable bonds is 9. The molecule has 0 aromatic heterocycles. The lowest BCUT2D eigenvalue weighted by molar-refractivity contribution is 0.319. The van der Waals surface area contributed by atoms with Crippen molar-refractivity contribution in [3.8, 4) is 5.75 Å². The largest absolute Gasteiger partial charge is 0.495 e. The van der Waals surface area contributed by atoms with Crippen LogP contribution in [0.4, 0.5) is 11.4 Å². The number of anilines is 2. The zero-order chi connectivity index (χ0) is 22.2. The van der Waals surface area contributed by atoms with Gasteiger partial charge < -0.3 is 19.9 Å². The van der Waals surface area contributed by atoms with Crippen LogP contribution < -0.4 is 15.0 Å². The van der Waals surface area contributed by atoms with Crippen molar-refractivity contribution in [2.45, 2.75) is 65.5 Å². The van der Waals surface area contributed by atoms with Crippen LogP contribution in [0.5, 0.6) is 5.75 Å². The lowest BCUT2D eigenvalue weighted by Crippen LogP contribution is -2.40. The van der Waals surface area contributed by atoms with E-state index in [1.54, 1.807) is 7.11 Å². The molecule has 1 aliphatic heterocycles. The second-order valence-electron chi connectivity index (χ2n) is 8.42. The average molecular weight is 440 g/mol. The normalized spacial score (nSPS) is 14.0. The van der Waals surface area contributed by atoms with E-state index >= 15 is 0 Å². The topological polar surface area (TPSA) is 27.7 Å². The van der Waals surface area contributed by atoms with Gasteiger partial charge >= 0.3 is 0 Å². The van der Waals surface area contributed by atoms with Gasteiger partial charge in [0.25, 0.3) is 0 Å². The summed E-state index contributed by atoms with van der Waals surface area (Å²) in [4.78, 5) is 4.85. The van der Waals surface area contributed by atoms with Crippen molar-refractivity contribution in [3.63, 3.8) is 0 Å². The van der Waals surface area contributed by atoms with Crippen molar-refractivity contribution in [3.05, 3.63) is 53.6 Å². The van der Waals surface area contributed by atoms with Gasteiger partial charge in [-0.25, -0.2) is 0 Å². The molecule has 4 nitrogen and oxygen atoms in total. The number of methoxy groups -OCH3 is 1. The van der Waals surface area contributed by atoms with E-state index in [-0.39, 0.29) is 0 Å². The number of thiocarbonyl (C=S) groups is 1. The molecule has 0 saturated carbocycles. The number of para-hydroxylation sites is 2. The fourth-order valence-electron chi connectivity index (χ4n) is 4.19. The summed E-state index contributed by atoms with van der Waals surface area (Å²) in [7, 11) is 1.69. The lowest BCUT2D eigenvalue weighted by Gasteiger charge is -2.34. The van der Waals surface area contributed by atoms with Gasteiger partial charge in [0.15, 0.2) is 5.11 Å². The third-order valence-electron chi connectivity index (χ3n) is 6.23. The van der Waals surface area contributed by atoms with Gasteiger partial charge in [0.1, 0.15) is 5.75 Å².